The fourth-order valence-electron chi connectivity index (χ4n) is 5.55. The summed E-state index contributed by atoms with van der Waals surface area (Å²) in [4.78, 5) is 24.9. The SMILES string of the molecule is CC/C=C\C/C=C\C/C=C\C/C=C\CCC(=O)OCC(COCCCCCCCCCC/C=C\C/C=C\CCCCC)OC(=O)CCCCCCC. The summed E-state index contributed by atoms with van der Waals surface area (Å²) >= 11 is 0. The van der Waals surface area contributed by atoms with Crippen molar-refractivity contribution in [1.82, 2.24) is 0 Å². The predicted molar refractivity (Wildman–Crippen MR) is 224 cm³/mol. The second-order valence-corrected chi connectivity index (χ2v) is 13.9. The van der Waals surface area contributed by atoms with Gasteiger partial charge < -0.3 is 14.2 Å². The van der Waals surface area contributed by atoms with Crippen LogP contribution < -0.4 is 0 Å². The van der Waals surface area contributed by atoms with Crippen LogP contribution >= 0.6 is 0 Å². The van der Waals surface area contributed by atoms with Gasteiger partial charge in [0, 0.05) is 19.4 Å². The van der Waals surface area contributed by atoms with Gasteiger partial charge in [0.15, 0.2) is 6.10 Å². The molecule has 0 saturated heterocycles. The van der Waals surface area contributed by atoms with Crippen molar-refractivity contribution in [3.63, 3.8) is 0 Å². The molecular weight excluding hydrogens is 645 g/mol. The van der Waals surface area contributed by atoms with Crippen LogP contribution in [0, 0.1) is 0 Å². The van der Waals surface area contributed by atoms with E-state index in [4.69, 9.17) is 14.2 Å². The molecule has 5 nitrogen and oxygen atoms in total. The highest BCUT2D eigenvalue weighted by atomic mass is 16.6. The normalized spacial score (nSPS) is 12.9. The Morgan fingerprint density at radius 3 is 1.50 bits per heavy atom. The van der Waals surface area contributed by atoms with E-state index in [9.17, 15) is 9.59 Å². The molecule has 0 aliphatic heterocycles. The van der Waals surface area contributed by atoms with Crippen molar-refractivity contribution in [3.8, 4) is 0 Å². The Bertz CT molecular complexity index is 957. The van der Waals surface area contributed by atoms with Gasteiger partial charge in [0.25, 0.3) is 0 Å². The van der Waals surface area contributed by atoms with Crippen molar-refractivity contribution >= 4 is 11.9 Å². The molecule has 0 aliphatic rings. The third-order valence-corrected chi connectivity index (χ3v) is 8.74. The number of rotatable bonds is 38. The predicted octanol–water partition coefficient (Wildman–Crippen LogP) is 14.0. The molecule has 0 N–H and O–H groups in total. The first kappa shape index (κ1) is 49.3. The molecule has 298 valence electrons. The average Bonchev–Trinajstić information content (AvgIpc) is 3.14. The lowest BCUT2D eigenvalue weighted by Gasteiger charge is -2.18. The van der Waals surface area contributed by atoms with E-state index in [0.29, 0.717) is 25.9 Å². The Kier molecular flexibility index (Phi) is 40.6. The van der Waals surface area contributed by atoms with E-state index in [-0.39, 0.29) is 25.2 Å². The van der Waals surface area contributed by atoms with Crippen LogP contribution in [0.4, 0.5) is 0 Å². The Morgan fingerprint density at radius 1 is 0.442 bits per heavy atom. The van der Waals surface area contributed by atoms with Crippen LogP contribution in [-0.2, 0) is 23.8 Å². The molecule has 1 atom stereocenters. The van der Waals surface area contributed by atoms with Crippen molar-refractivity contribution in [1.29, 1.82) is 0 Å². The molecule has 0 aromatic carbocycles. The van der Waals surface area contributed by atoms with Gasteiger partial charge in [-0.15, -0.1) is 0 Å². The molecule has 0 spiro atoms. The van der Waals surface area contributed by atoms with Crippen LogP contribution in [0.3, 0.4) is 0 Å². The third kappa shape index (κ3) is 40.1. The lowest BCUT2D eigenvalue weighted by atomic mass is 10.1. The Hall–Kier alpha value is -2.66. The summed E-state index contributed by atoms with van der Waals surface area (Å²) in [6, 6.07) is 0. The Balaban J connectivity index is 4.16. The van der Waals surface area contributed by atoms with Crippen LogP contribution in [0.15, 0.2) is 72.9 Å². The molecule has 0 rings (SSSR count). The smallest absolute Gasteiger partial charge is 0.306 e. The number of esters is 2. The monoisotopic (exact) mass is 725 g/mol. The highest BCUT2D eigenvalue weighted by Gasteiger charge is 2.17. The van der Waals surface area contributed by atoms with Crippen LogP contribution in [0.25, 0.3) is 0 Å². The molecule has 1 unspecified atom stereocenters. The summed E-state index contributed by atoms with van der Waals surface area (Å²) in [5.74, 6) is -0.511. The average molecular weight is 725 g/mol. The number of hydrogen-bond acceptors (Lipinski definition) is 5. The summed E-state index contributed by atoms with van der Waals surface area (Å²) < 4.78 is 17.1. The topological polar surface area (TPSA) is 61.8 Å². The van der Waals surface area contributed by atoms with E-state index < -0.39 is 6.10 Å². The lowest BCUT2D eigenvalue weighted by Crippen LogP contribution is -2.30. The first-order valence-corrected chi connectivity index (χ1v) is 21.5. The maximum atomic E-state index is 12.5. The second-order valence-electron chi connectivity index (χ2n) is 13.9. The lowest BCUT2D eigenvalue weighted by molar-refractivity contribution is -0.162. The number of unbranched alkanes of at least 4 members (excludes halogenated alkanes) is 15. The molecule has 0 aromatic heterocycles. The van der Waals surface area contributed by atoms with E-state index in [1.807, 2.05) is 6.08 Å². The van der Waals surface area contributed by atoms with Gasteiger partial charge in [-0.05, 0) is 77.0 Å². The first-order chi connectivity index (χ1) is 25.6. The zero-order chi connectivity index (χ0) is 37.8. The van der Waals surface area contributed by atoms with Gasteiger partial charge in [0.1, 0.15) is 6.61 Å². The summed E-state index contributed by atoms with van der Waals surface area (Å²) in [5, 5.41) is 0. The van der Waals surface area contributed by atoms with Crippen molar-refractivity contribution in [2.45, 2.75) is 194 Å². The number of hydrogen-bond donors (Lipinski definition) is 0. The first-order valence-electron chi connectivity index (χ1n) is 21.5. The quantitative estimate of drug-likeness (QED) is 0.0360. The minimum absolute atomic E-state index is 0.0422. The van der Waals surface area contributed by atoms with Gasteiger partial charge in [0.2, 0.25) is 0 Å². The van der Waals surface area contributed by atoms with Crippen LogP contribution in [0.5, 0.6) is 0 Å². The van der Waals surface area contributed by atoms with Crippen LogP contribution in [-0.4, -0.2) is 37.9 Å². The van der Waals surface area contributed by atoms with Crippen LogP contribution in [0.2, 0.25) is 0 Å². The molecule has 0 aromatic rings. The maximum absolute atomic E-state index is 12.5. The Labute approximate surface area is 321 Å². The molecule has 0 aliphatic carbocycles. The van der Waals surface area contributed by atoms with Crippen molar-refractivity contribution in [3.05, 3.63) is 72.9 Å². The largest absolute Gasteiger partial charge is 0.462 e. The second kappa shape index (κ2) is 42.8. The molecular formula is C47H80O5. The number of carbonyl (C=O) groups excluding carboxylic acids is 2. The number of carbonyl (C=O) groups is 2. The minimum Gasteiger partial charge on any atom is -0.462 e. The van der Waals surface area contributed by atoms with Gasteiger partial charge in [-0.25, -0.2) is 0 Å². The summed E-state index contributed by atoms with van der Waals surface area (Å²) in [6.07, 6.45) is 53.7. The highest BCUT2D eigenvalue weighted by Crippen LogP contribution is 2.12. The van der Waals surface area contributed by atoms with Gasteiger partial charge in [-0.2, -0.15) is 0 Å². The highest BCUT2D eigenvalue weighted by molar-refractivity contribution is 5.70. The minimum atomic E-state index is -0.564. The molecule has 0 radical (unpaired) electrons. The molecule has 5 heteroatoms. The zero-order valence-corrected chi connectivity index (χ0v) is 34.1. The summed E-state index contributed by atoms with van der Waals surface area (Å²) in [7, 11) is 0. The standard InChI is InChI=1S/C47H80O5/c1-4-7-10-13-15-17-19-21-22-23-24-25-27-29-31-33-36-39-42-50-43-45(52-47(49)41-38-34-12-9-6-3)44-51-46(48)40-37-35-32-30-28-26-20-18-16-14-11-8-5-2/h8,11,15-18,21-22,26,28,32,35,45H,4-7,9-10,12-14,19-20,23-25,27,29-31,33-34,36-44H2,1-3H3/b11-8-,17-15-,18-16-,22-21-,28-26-,35-32-. The van der Waals surface area contributed by atoms with Gasteiger partial charge in [-0.3, -0.25) is 9.59 Å². The van der Waals surface area contributed by atoms with E-state index >= 15 is 0 Å². The molecule has 0 amide bonds. The molecule has 52 heavy (non-hydrogen) atoms. The van der Waals surface area contributed by atoms with E-state index in [2.05, 4.69) is 87.6 Å². The number of allylic oxidation sites excluding steroid dienone is 12. The fourth-order valence-corrected chi connectivity index (χ4v) is 5.55. The molecule has 0 bridgehead atoms. The van der Waals surface area contributed by atoms with Gasteiger partial charge in [-0.1, -0.05) is 171 Å². The Morgan fingerprint density at radius 2 is 0.904 bits per heavy atom. The van der Waals surface area contributed by atoms with E-state index in [0.717, 1.165) is 64.2 Å². The summed E-state index contributed by atoms with van der Waals surface area (Å²) in [6.45, 7) is 7.51. The van der Waals surface area contributed by atoms with Gasteiger partial charge in [0.05, 0.1) is 6.61 Å². The number of ether oxygens (including phenoxy) is 3. The van der Waals surface area contributed by atoms with Gasteiger partial charge >= 0.3 is 11.9 Å². The van der Waals surface area contributed by atoms with Crippen molar-refractivity contribution < 1.29 is 23.8 Å². The zero-order valence-electron chi connectivity index (χ0n) is 34.1. The van der Waals surface area contributed by atoms with E-state index in [1.54, 1.807) is 0 Å². The molecule has 0 saturated carbocycles. The molecule has 0 fully saturated rings. The maximum Gasteiger partial charge on any atom is 0.306 e. The summed E-state index contributed by atoms with van der Waals surface area (Å²) in [5.41, 5.74) is 0. The van der Waals surface area contributed by atoms with E-state index in [1.165, 1.54) is 83.5 Å². The fraction of sp³-hybridized carbons (Fsp3) is 0.702. The van der Waals surface area contributed by atoms with Crippen molar-refractivity contribution in [2.75, 3.05) is 19.8 Å². The van der Waals surface area contributed by atoms with Crippen LogP contribution in [0.1, 0.15) is 188 Å². The third-order valence-electron chi connectivity index (χ3n) is 8.74. The van der Waals surface area contributed by atoms with Crippen molar-refractivity contribution in [2.24, 2.45) is 0 Å². The molecule has 0 heterocycles.